The van der Waals surface area contributed by atoms with Crippen molar-refractivity contribution in [2.75, 3.05) is 5.32 Å². The molecule has 1 amide bonds. The lowest BCUT2D eigenvalue weighted by atomic mass is 10.1. The van der Waals surface area contributed by atoms with Crippen LogP contribution in [0.1, 0.15) is 15.9 Å². The number of carbonyl (C=O) groups is 1. The van der Waals surface area contributed by atoms with Crippen molar-refractivity contribution in [1.29, 1.82) is 0 Å². The van der Waals surface area contributed by atoms with E-state index in [1.165, 1.54) is 0 Å². The topological polar surface area (TPSA) is 59.8 Å². The number of amides is 1. The summed E-state index contributed by atoms with van der Waals surface area (Å²) in [6, 6.07) is 22.7. The van der Waals surface area contributed by atoms with E-state index in [2.05, 4.69) is 15.5 Å². The number of aromatic nitrogens is 3. The second-order valence-electron chi connectivity index (χ2n) is 5.80. The second-order valence-corrected chi connectivity index (χ2v) is 5.80. The standard InChI is InChI=1S/C20H16N4O/c1-14-12-18-19(23-24(22-18)16-10-6-3-7-11-16)13-17(14)21-20(25)15-8-4-2-5-9-15/h2-13H,1H3,(H,21,25). The number of hydrogen-bond donors (Lipinski definition) is 1. The Bertz CT molecular complexity index is 1040. The van der Waals surface area contributed by atoms with Gasteiger partial charge in [0.25, 0.3) is 5.91 Å². The monoisotopic (exact) mass is 328 g/mol. The second kappa shape index (κ2) is 6.20. The molecule has 0 radical (unpaired) electrons. The Kier molecular flexibility index (Phi) is 3.74. The van der Waals surface area contributed by atoms with Gasteiger partial charge in [0, 0.05) is 11.3 Å². The molecule has 5 nitrogen and oxygen atoms in total. The highest BCUT2D eigenvalue weighted by Crippen LogP contribution is 2.22. The first-order valence-electron chi connectivity index (χ1n) is 8.00. The van der Waals surface area contributed by atoms with E-state index in [4.69, 9.17) is 0 Å². The molecular formula is C20H16N4O. The van der Waals surface area contributed by atoms with Gasteiger partial charge in [-0.05, 0) is 48.9 Å². The van der Waals surface area contributed by atoms with Gasteiger partial charge in [-0.15, -0.1) is 10.2 Å². The summed E-state index contributed by atoms with van der Waals surface area (Å²) in [7, 11) is 0. The first-order chi connectivity index (χ1) is 12.2. The van der Waals surface area contributed by atoms with Crippen molar-refractivity contribution in [3.8, 4) is 5.69 Å². The minimum atomic E-state index is -0.140. The molecule has 122 valence electrons. The Morgan fingerprint density at radius 2 is 1.48 bits per heavy atom. The Morgan fingerprint density at radius 3 is 2.16 bits per heavy atom. The van der Waals surface area contributed by atoms with Gasteiger partial charge in [0.1, 0.15) is 11.0 Å². The molecular weight excluding hydrogens is 312 g/mol. The van der Waals surface area contributed by atoms with Crippen LogP contribution in [0.3, 0.4) is 0 Å². The van der Waals surface area contributed by atoms with Crippen LogP contribution >= 0.6 is 0 Å². The molecule has 3 aromatic carbocycles. The maximum atomic E-state index is 12.4. The zero-order valence-corrected chi connectivity index (χ0v) is 13.7. The van der Waals surface area contributed by atoms with Gasteiger partial charge in [-0.3, -0.25) is 4.79 Å². The van der Waals surface area contributed by atoms with E-state index in [0.29, 0.717) is 5.56 Å². The summed E-state index contributed by atoms with van der Waals surface area (Å²) in [4.78, 5) is 14.0. The van der Waals surface area contributed by atoms with E-state index >= 15 is 0 Å². The molecule has 0 atom stereocenters. The fourth-order valence-corrected chi connectivity index (χ4v) is 2.66. The highest BCUT2D eigenvalue weighted by Gasteiger charge is 2.11. The van der Waals surface area contributed by atoms with Crippen LogP contribution in [0.25, 0.3) is 16.7 Å². The predicted octanol–water partition coefficient (Wildman–Crippen LogP) is 3.98. The molecule has 1 N–H and O–H groups in total. The normalized spacial score (nSPS) is 10.8. The smallest absolute Gasteiger partial charge is 0.255 e. The van der Waals surface area contributed by atoms with Crippen LogP contribution in [-0.2, 0) is 0 Å². The van der Waals surface area contributed by atoms with Crippen molar-refractivity contribution < 1.29 is 4.79 Å². The number of hydrogen-bond acceptors (Lipinski definition) is 3. The molecule has 5 heteroatoms. The van der Waals surface area contributed by atoms with E-state index in [9.17, 15) is 4.79 Å². The van der Waals surface area contributed by atoms with Crippen LogP contribution < -0.4 is 5.32 Å². The zero-order chi connectivity index (χ0) is 17.2. The van der Waals surface area contributed by atoms with Crippen LogP contribution in [-0.4, -0.2) is 20.9 Å². The molecule has 0 saturated carbocycles. The van der Waals surface area contributed by atoms with Crippen molar-refractivity contribution >= 4 is 22.6 Å². The fourth-order valence-electron chi connectivity index (χ4n) is 2.66. The van der Waals surface area contributed by atoms with Gasteiger partial charge < -0.3 is 5.32 Å². The average Bonchev–Trinajstić information content (AvgIpc) is 3.06. The van der Waals surface area contributed by atoms with Crippen LogP contribution in [0, 0.1) is 6.92 Å². The van der Waals surface area contributed by atoms with Crippen molar-refractivity contribution in [2.24, 2.45) is 0 Å². The maximum Gasteiger partial charge on any atom is 0.255 e. The molecule has 0 spiro atoms. The largest absolute Gasteiger partial charge is 0.322 e. The minimum absolute atomic E-state index is 0.140. The molecule has 25 heavy (non-hydrogen) atoms. The van der Waals surface area contributed by atoms with Crippen LogP contribution in [0.15, 0.2) is 72.8 Å². The lowest BCUT2D eigenvalue weighted by Crippen LogP contribution is -2.12. The molecule has 0 unspecified atom stereocenters. The Hall–Kier alpha value is -3.47. The van der Waals surface area contributed by atoms with E-state index < -0.39 is 0 Å². The molecule has 4 aromatic rings. The average molecular weight is 328 g/mol. The molecule has 0 fully saturated rings. The van der Waals surface area contributed by atoms with Gasteiger partial charge in [0.05, 0.1) is 5.69 Å². The summed E-state index contributed by atoms with van der Waals surface area (Å²) in [5.74, 6) is -0.140. The maximum absolute atomic E-state index is 12.4. The van der Waals surface area contributed by atoms with E-state index in [-0.39, 0.29) is 5.91 Å². The number of nitrogens with zero attached hydrogens (tertiary/aromatic N) is 3. The molecule has 0 aliphatic carbocycles. The van der Waals surface area contributed by atoms with Gasteiger partial charge >= 0.3 is 0 Å². The third kappa shape index (κ3) is 2.99. The molecule has 0 bridgehead atoms. The zero-order valence-electron chi connectivity index (χ0n) is 13.7. The van der Waals surface area contributed by atoms with Crippen LogP contribution in [0.4, 0.5) is 5.69 Å². The number of fused-ring (bicyclic) bond motifs is 1. The minimum Gasteiger partial charge on any atom is -0.322 e. The fraction of sp³-hybridized carbons (Fsp3) is 0.0500. The molecule has 0 aliphatic heterocycles. The Morgan fingerprint density at radius 1 is 0.880 bits per heavy atom. The summed E-state index contributed by atoms with van der Waals surface area (Å²) >= 11 is 0. The van der Waals surface area contributed by atoms with Gasteiger partial charge in [-0.1, -0.05) is 36.4 Å². The van der Waals surface area contributed by atoms with Crippen molar-refractivity contribution in [3.05, 3.63) is 83.9 Å². The number of benzene rings is 3. The van der Waals surface area contributed by atoms with Crippen molar-refractivity contribution in [3.63, 3.8) is 0 Å². The molecule has 1 aromatic heterocycles. The van der Waals surface area contributed by atoms with E-state index in [1.54, 1.807) is 16.9 Å². The predicted molar refractivity (Wildman–Crippen MR) is 98.0 cm³/mol. The molecule has 0 saturated heterocycles. The van der Waals surface area contributed by atoms with Gasteiger partial charge in [-0.25, -0.2) is 0 Å². The van der Waals surface area contributed by atoms with Crippen molar-refractivity contribution in [1.82, 2.24) is 15.0 Å². The number of para-hydroxylation sites is 1. The summed E-state index contributed by atoms with van der Waals surface area (Å²) in [6.45, 7) is 1.95. The number of rotatable bonds is 3. The first kappa shape index (κ1) is 15.1. The Balaban J connectivity index is 1.68. The van der Waals surface area contributed by atoms with E-state index in [1.807, 2.05) is 67.6 Å². The first-order valence-corrected chi connectivity index (χ1v) is 8.00. The van der Waals surface area contributed by atoms with Gasteiger partial charge in [-0.2, -0.15) is 4.80 Å². The summed E-state index contributed by atoms with van der Waals surface area (Å²) in [5.41, 5.74) is 4.72. The molecule has 0 aliphatic rings. The molecule has 4 rings (SSSR count). The van der Waals surface area contributed by atoms with E-state index in [0.717, 1.165) is 28.0 Å². The highest BCUT2D eigenvalue weighted by atomic mass is 16.1. The quantitative estimate of drug-likeness (QED) is 0.619. The van der Waals surface area contributed by atoms with Gasteiger partial charge in [0.15, 0.2) is 0 Å². The summed E-state index contributed by atoms with van der Waals surface area (Å²) in [5, 5.41) is 12.0. The number of nitrogens with one attached hydrogen (secondary N) is 1. The lowest BCUT2D eigenvalue weighted by Gasteiger charge is -2.08. The number of carbonyl (C=O) groups excluding carboxylic acids is 1. The summed E-state index contributed by atoms with van der Waals surface area (Å²) in [6.07, 6.45) is 0. The number of anilines is 1. The SMILES string of the molecule is Cc1cc2nn(-c3ccccc3)nc2cc1NC(=O)c1ccccc1. The highest BCUT2D eigenvalue weighted by molar-refractivity contribution is 6.05. The third-order valence-electron chi connectivity index (χ3n) is 4.00. The summed E-state index contributed by atoms with van der Waals surface area (Å²) < 4.78 is 0. The van der Waals surface area contributed by atoms with Gasteiger partial charge in [0.2, 0.25) is 0 Å². The number of aryl methyl sites for hydroxylation is 1. The third-order valence-corrected chi connectivity index (χ3v) is 4.00. The lowest BCUT2D eigenvalue weighted by molar-refractivity contribution is 0.102. The van der Waals surface area contributed by atoms with Crippen molar-refractivity contribution in [2.45, 2.75) is 6.92 Å². The van der Waals surface area contributed by atoms with Crippen LogP contribution in [0.2, 0.25) is 0 Å². The Labute approximate surface area is 144 Å². The van der Waals surface area contributed by atoms with Crippen LogP contribution in [0.5, 0.6) is 0 Å². The molecule has 1 heterocycles.